The van der Waals surface area contributed by atoms with E-state index in [0.717, 1.165) is 93.9 Å². The van der Waals surface area contributed by atoms with Gasteiger partial charge in [-0.25, -0.2) is 24.9 Å². The van der Waals surface area contributed by atoms with Crippen LogP contribution in [0.3, 0.4) is 0 Å². The fraction of sp³-hybridized carbons (Fsp3) is 0. The fourth-order valence-corrected chi connectivity index (χ4v) is 10.3. The molecule has 340 valence electrons. The van der Waals surface area contributed by atoms with Gasteiger partial charge in [0.1, 0.15) is 11.0 Å². The van der Waals surface area contributed by atoms with Gasteiger partial charge in [-0.05, 0) is 141 Å². The number of benzene rings is 11. The van der Waals surface area contributed by atoms with Crippen molar-refractivity contribution >= 4 is 76.3 Å². The number of hydrogen-bond donors (Lipinski definition) is 0. The lowest BCUT2D eigenvalue weighted by Crippen LogP contribution is -2.00. The Kier molecular flexibility index (Phi) is 9.09. The molecule has 15 rings (SSSR count). The van der Waals surface area contributed by atoms with Gasteiger partial charge >= 0.3 is 0 Å². The molecule has 0 fully saturated rings. The minimum Gasteiger partial charge on any atom is -0.436 e. The number of nitrogens with zero attached hydrogens (tertiary/aromatic N) is 6. The zero-order chi connectivity index (χ0) is 48.0. The van der Waals surface area contributed by atoms with Gasteiger partial charge < -0.3 is 13.4 Å². The molecule has 0 bridgehead atoms. The average molecular weight is 935 g/mol. The van der Waals surface area contributed by atoms with Crippen molar-refractivity contribution < 1.29 is 8.83 Å². The van der Waals surface area contributed by atoms with Gasteiger partial charge in [-0.1, -0.05) is 133 Å². The van der Waals surface area contributed by atoms with Gasteiger partial charge in [0.25, 0.3) is 0 Å². The Morgan fingerprint density at radius 3 is 1.27 bits per heavy atom. The van der Waals surface area contributed by atoms with Crippen molar-refractivity contribution in [3.05, 3.63) is 231 Å². The summed E-state index contributed by atoms with van der Waals surface area (Å²) in [6, 6.07) is 80.0. The van der Waals surface area contributed by atoms with Crippen molar-refractivity contribution in [1.29, 1.82) is 0 Å². The highest BCUT2D eigenvalue weighted by Crippen LogP contribution is 2.39. The Morgan fingerprint density at radius 2 is 0.699 bits per heavy atom. The molecule has 73 heavy (non-hydrogen) atoms. The predicted molar refractivity (Wildman–Crippen MR) is 294 cm³/mol. The van der Waals surface area contributed by atoms with E-state index >= 15 is 0 Å². The first-order chi connectivity index (χ1) is 36.1. The molecule has 0 saturated heterocycles. The van der Waals surface area contributed by atoms with E-state index in [9.17, 15) is 0 Å². The molecule has 0 radical (unpaired) electrons. The third kappa shape index (κ3) is 7.03. The molecule has 0 aliphatic rings. The number of fused-ring (bicyclic) bond motifs is 8. The van der Waals surface area contributed by atoms with Crippen molar-refractivity contribution in [3.8, 4) is 73.9 Å². The molecule has 8 heteroatoms. The molecule has 0 aliphatic carbocycles. The normalized spacial score (nSPS) is 11.8. The molecule has 0 unspecified atom stereocenters. The molecule has 4 aromatic heterocycles. The maximum Gasteiger partial charge on any atom is 0.227 e. The zero-order valence-electron chi connectivity index (χ0n) is 38.9. The summed E-state index contributed by atoms with van der Waals surface area (Å²) >= 11 is 0. The first-order valence-electron chi connectivity index (χ1n) is 24.3. The quantitative estimate of drug-likeness (QED) is 0.157. The molecule has 15 aromatic rings. The van der Waals surface area contributed by atoms with Gasteiger partial charge in [-0.15, -0.1) is 0 Å². The van der Waals surface area contributed by atoms with Crippen LogP contribution in [0.25, 0.3) is 150 Å². The summed E-state index contributed by atoms with van der Waals surface area (Å²) in [5.74, 6) is 2.92. The number of rotatable bonds is 7. The van der Waals surface area contributed by atoms with Crippen LogP contribution < -0.4 is 0 Å². The standard InChI is InChI=1S/C65H38N6O2/c1-2-12-52(13-3-1)71-57-31-30-47(37-53(57)54-36-41-10-4-5-11-42(41)38-58(54)71)39-18-20-40(21-19-39)61-68-62(48-26-22-45-34-50(28-24-43(45)32-48)64-66-55-14-6-8-16-59(55)72-64)70-63(69-61)49-27-23-46-35-51(29-25-44(46)33-49)65-67-56-15-7-9-17-60(56)73-65/h1-38H. The molecule has 0 atom stereocenters. The van der Waals surface area contributed by atoms with E-state index in [0.29, 0.717) is 29.3 Å². The maximum atomic E-state index is 6.12. The van der Waals surface area contributed by atoms with E-state index in [-0.39, 0.29) is 0 Å². The van der Waals surface area contributed by atoms with Gasteiger partial charge in [-0.3, -0.25) is 0 Å². The third-order valence-electron chi connectivity index (χ3n) is 14.0. The lowest BCUT2D eigenvalue weighted by Gasteiger charge is -2.11. The van der Waals surface area contributed by atoms with Crippen LogP contribution in [0.2, 0.25) is 0 Å². The molecule has 0 aliphatic heterocycles. The maximum absolute atomic E-state index is 6.12. The molecule has 4 heterocycles. The Balaban J connectivity index is 0.821. The number of hydrogen-bond acceptors (Lipinski definition) is 7. The van der Waals surface area contributed by atoms with E-state index in [1.165, 1.54) is 27.1 Å². The number of aromatic nitrogens is 6. The summed E-state index contributed by atoms with van der Waals surface area (Å²) in [7, 11) is 0. The molecule has 8 nitrogen and oxygen atoms in total. The summed E-state index contributed by atoms with van der Waals surface area (Å²) in [6.45, 7) is 0. The second kappa shape index (κ2) is 16.3. The first kappa shape index (κ1) is 40.8. The Labute approximate surface area is 417 Å². The molecular formula is C65H38N6O2. The van der Waals surface area contributed by atoms with E-state index in [1.807, 2.05) is 48.5 Å². The summed E-state index contributed by atoms with van der Waals surface area (Å²) < 4.78 is 14.6. The minimum absolute atomic E-state index is 0.577. The molecule has 0 spiro atoms. The highest BCUT2D eigenvalue weighted by atomic mass is 16.4. The number of para-hydroxylation sites is 5. The van der Waals surface area contributed by atoms with Gasteiger partial charge in [0, 0.05) is 44.3 Å². The van der Waals surface area contributed by atoms with E-state index < -0.39 is 0 Å². The van der Waals surface area contributed by atoms with Crippen LogP contribution in [-0.4, -0.2) is 29.5 Å². The largest absolute Gasteiger partial charge is 0.436 e. The average Bonchev–Trinajstić information content (AvgIpc) is 4.18. The van der Waals surface area contributed by atoms with Crippen LogP contribution in [0.15, 0.2) is 239 Å². The van der Waals surface area contributed by atoms with Crippen molar-refractivity contribution in [3.63, 3.8) is 0 Å². The minimum atomic E-state index is 0.577. The van der Waals surface area contributed by atoms with Crippen LogP contribution in [-0.2, 0) is 0 Å². The number of oxazole rings is 2. The van der Waals surface area contributed by atoms with E-state index in [2.05, 4.69) is 187 Å². The second-order valence-electron chi connectivity index (χ2n) is 18.5. The lowest BCUT2D eigenvalue weighted by atomic mass is 10.0. The lowest BCUT2D eigenvalue weighted by molar-refractivity contribution is 0.619. The van der Waals surface area contributed by atoms with Crippen molar-refractivity contribution in [1.82, 2.24) is 29.5 Å². The predicted octanol–water partition coefficient (Wildman–Crippen LogP) is 16.7. The summed E-state index contributed by atoms with van der Waals surface area (Å²) in [4.78, 5) is 25.0. The second-order valence-corrected chi connectivity index (χ2v) is 18.5. The molecule has 0 N–H and O–H groups in total. The van der Waals surface area contributed by atoms with Gasteiger partial charge in [-0.2, -0.15) is 0 Å². The van der Waals surface area contributed by atoms with Gasteiger partial charge in [0.2, 0.25) is 11.8 Å². The van der Waals surface area contributed by atoms with Crippen LogP contribution in [0.5, 0.6) is 0 Å². The topological polar surface area (TPSA) is 95.7 Å². The van der Waals surface area contributed by atoms with Crippen molar-refractivity contribution in [2.75, 3.05) is 0 Å². The smallest absolute Gasteiger partial charge is 0.227 e. The third-order valence-corrected chi connectivity index (χ3v) is 14.0. The van der Waals surface area contributed by atoms with E-state index in [4.69, 9.17) is 33.8 Å². The summed E-state index contributed by atoms with van der Waals surface area (Å²) in [6.07, 6.45) is 0. The SMILES string of the molecule is c1ccc(-n2c3ccc(-c4ccc(-c5nc(-c6ccc7cc(-c8nc9ccccc9o8)ccc7c6)nc(-c6ccc7cc(-c8nc9ccccc9o8)ccc7c6)n5)cc4)cc3c3cc4ccccc4cc32)cc1. The van der Waals surface area contributed by atoms with E-state index in [1.54, 1.807) is 0 Å². The van der Waals surface area contributed by atoms with Gasteiger partial charge in [0.15, 0.2) is 28.6 Å². The highest BCUT2D eigenvalue weighted by molar-refractivity contribution is 6.14. The Hall–Kier alpha value is -10.1. The molecule has 0 amide bonds. The molecule has 11 aromatic carbocycles. The van der Waals surface area contributed by atoms with Crippen LogP contribution in [0, 0.1) is 0 Å². The zero-order valence-corrected chi connectivity index (χ0v) is 38.9. The summed E-state index contributed by atoms with van der Waals surface area (Å²) in [5.41, 5.74) is 13.4. The van der Waals surface area contributed by atoms with Crippen LogP contribution in [0.4, 0.5) is 0 Å². The van der Waals surface area contributed by atoms with Gasteiger partial charge in [0.05, 0.1) is 11.0 Å². The van der Waals surface area contributed by atoms with Crippen molar-refractivity contribution in [2.24, 2.45) is 0 Å². The monoisotopic (exact) mass is 934 g/mol. The Morgan fingerprint density at radius 1 is 0.274 bits per heavy atom. The molecule has 0 saturated carbocycles. The summed E-state index contributed by atoms with van der Waals surface area (Å²) in [5, 5.41) is 9.05. The highest BCUT2D eigenvalue weighted by Gasteiger charge is 2.18. The van der Waals surface area contributed by atoms with Crippen LogP contribution >= 0.6 is 0 Å². The van der Waals surface area contributed by atoms with Crippen LogP contribution in [0.1, 0.15) is 0 Å². The molecular weight excluding hydrogens is 897 g/mol. The van der Waals surface area contributed by atoms with Crippen molar-refractivity contribution in [2.45, 2.75) is 0 Å². The Bertz CT molecular complexity index is 4440. The first-order valence-corrected chi connectivity index (χ1v) is 24.3. The fourth-order valence-electron chi connectivity index (χ4n) is 10.3.